The summed E-state index contributed by atoms with van der Waals surface area (Å²) >= 11 is 0. The molecule has 1 aromatic rings. The third-order valence-corrected chi connectivity index (χ3v) is 3.49. The summed E-state index contributed by atoms with van der Waals surface area (Å²) in [6.45, 7) is 2.15. The van der Waals surface area contributed by atoms with Crippen LogP contribution in [0.4, 0.5) is 0 Å². The van der Waals surface area contributed by atoms with Crippen molar-refractivity contribution in [2.75, 3.05) is 6.61 Å². The lowest BCUT2D eigenvalue weighted by Gasteiger charge is -2.13. The first-order chi connectivity index (χ1) is 9.22. The van der Waals surface area contributed by atoms with E-state index in [-0.39, 0.29) is 18.0 Å². The Labute approximate surface area is 113 Å². The van der Waals surface area contributed by atoms with Gasteiger partial charge in [-0.2, -0.15) is 0 Å². The lowest BCUT2D eigenvalue weighted by molar-refractivity contribution is -0.136. The lowest BCUT2D eigenvalue weighted by atomic mass is 9.97. The first-order valence-electron chi connectivity index (χ1n) is 6.84. The molecular formula is C16H20O3. The Morgan fingerprint density at radius 1 is 1.37 bits per heavy atom. The van der Waals surface area contributed by atoms with Gasteiger partial charge < -0.3 is 9.84 Å². The normalized spacial score (nSPS) is 23.4. The maximum Gasteiger partial charge on any atom is 0.338 e. The molecular weight excluding hydrogens is 240 g/mol. The second-order valence-corrected chi connectivity index (χ2v) is 4.83. The van der Waals surface area contributed by atoms with Crippen molar-refractivity contribution in [3.05, 3.63) is 42.0 Å². The van der Waals surface area contributed by atoms with Crippen molar-refractivity contribution in [1.29, 1.82) is 0 Å². The van der Waals surface area contributed by atoms with Gasteiger partial charge in [-0.15, -0.1) is 0 Å². The average Bonchev–Trinajstić information content (AvgIpc) is 2.82. The second kappa shape index (κ2) is 6.53. The molecule has 0 saturated heterocycles. The van der Waals surface area contributed by atoms with Crippen LogP contribution in [0.5, 0.6) is 0 Å². The Morgan fingerprint density at radius 2 is 2.11 bits per heavy atom. The van der Waals surface area contributed by atoms with Gasteiger partial charge in [0.15, 0.2) is 0 Å². The number of aliphatic hydroxyl groups is 1. The van der Waals surface area contributed by atoms with Crippen molar-refractivity contribution in [1.82, 2.24) is 0 Å². The summed E-state index contributed by atoms with van der Waals surface area (Å²) in [5.74, 6) is -0.257. The average molecular weight is 260 g/mol. The number of carbonyl (C=O) groups excluding carboxylic acids is 1. The zero-order chi connectivity index (χ0) is 13.7. The number of ether oxygens (including phenoxy) is 1. The molecule has 1 fully saturated rings. The summed E-state index contributed by atoms with van der Waals surface area (Å²) in [7, 11) is 0. The van der Waals surface area contributed by atoms with E-state index < -0.39 is 0 Å². The fourth-order valence-corrected chi connectivity index (χ4v) is 2.49. The van der Waals surface area contributed by atoms with E-state index >= 15 is 0 Å². The molecule has 102 valence electrons. The van der Waals surface area contributed by atoms with Crippen molar-refractivity contribution in [3.8, 4) is 0 Å². The number of carbonyl (C=O) groups is 1. The minimum atomic E-state index is -0.340. The number of rotatable bonds is 4. The second-order valence-electron chi connectivity index (χ2n) is 4.83. The number of aliphatic hydroxyl groups excluding tert-OH is 1. The Morgan fingerprint density at radius 3 is 2.68 bits per heavy atom. The fourth-order valence-electron chi connectivity index (χ4n) is 2.49. The molecule has 1 aliphatic carbocycles. The van der Waals surface area contributed by atoms with Crippen molar-refractivity contribution in [2.24, 2.45) is 5.92 Å². The van der Waals surface area contributed by atoms with Crippen LogP contribution in [0.3, 0.4) is 0 Å². The Bertz CT molecular complexity index is 450. The van der Waals surface area contributed by atoms with Crippen molar-refractivity contribution < 1.29 is 14.6 Å². The van der Waals surface area contributed by atoms with E-state index in [1.54, 1.807) is 6.92 Å². The van der Waals surface area contributed by atoms with E-state index in [0.717, 1.165) is 24.8 Å². The molecule has 19 heavy (non-hydrogen) atoms. The number of hydrogen-bond donors (Lipinski definition) is 1. The molecule has 0 heterocycles. The molecule has 0 aliphatic heterocycles. The summed E-state index contributed by atoms with van der Waals surface area (Å²) in [6.07, 6.45) is 4.29. The molecule has 2 rings (SSSR count). The lowest BCUT2D eigenvalue weighted by Crippen LogP contribution is -2.14. The van der Waals surface area contributed by atoms with Gasteiger partial charge in [-0.3, -0.25) is 0 Å². The highest BCUT2D eigenvalue weighted by molar-refractivity contribution is 6.16. The van der Waals surface area contributed by atoms with Crippen molar-refractivity contribution in [2.45, 2.75) is 32.3 Å². The van der Waals surface area contributed by atoms with Crippen LogP contribution in [0, 0.1) is 5.92 Å². The molecule has 3 nitrogen and oxygen atoms in total. The van der Waals surface area contributed by atoms with Crippen LogP contribution in [-0.4, -0.2) is 23.8 Å². The molecule has 0 radical (unpaired) electrons. The highest BCUT2D eigenvalue weighted by atomic mass is 16.5. The van der Waals surface area contributed by atoms with Gasteiger partial charge >= 0.3 is 5.97 Å². The molecule has 2 atom stereocenters. The molecule has 0 amide bonds. The minimum Gasteiger partial charge on any atom is -0.462 e. The van der Waals surface area contributed by atoms with Gasteiger partial charge in [0, 0.05) is 5.92 Å². The summed E-state index contributed by atoms with van der Waals surface area (Å²) in [6, 6.07) is 9.49. The fraction of sp³-hybridized carbons (Fsp3) is 0.438. The molecule has 0 aromatic heterocycles. The number of hydrogen-bond acceptors (Lipinski definition) is 3. The van der Waals surface area contributed by atoms with Gasteiger partial charge in [0.25, 0.3) is 0 Å². The van der Waals surface area contributed by atoms with Crippen LogP contribution in [0.15, 0.2) is 36.4 Å². The summed E-state index contributed by atoms with van der Waals surface area (Å²) < 4.78 is 5.12. The van der Waals surface area contributed by atoms with E-state index in [9.17, 15) is 9.90 Å². The predicted molar refractivity (Wildman–Crippen MR) is 74.4 cm³/mol. The first-order valence-corrected chi connectivity index (χ1v) is 6.84. The zero-order valence-electron chi connectivity index (χ0n) is 11.2. The molecule has 3 heteroatoms. The minimum absolute atomic E-state index is 0.0552. The summed E-state index contributed by atoms with van der Waals surface area (Å²) in [5.41, 5.74) is 1.41. The van der Waals surface area contributed by atoms with Gasteiger partial charge in [-0.25, -0.2) is 4.79 Å². The quantitative estimate of drug-likeness (QED) is 0.669. The van der Waals surface area contributed by atoms with Crippen molar-refractivity contribution in [3.63, 3.8) is 0 Å². The molecule has 1 aromatic carbocycles. The molecule has 1 aliphatic rings. The smallest absolute Gasteiger partial charge is 0.338 e. The first kappa shape index (κ1) is 13.8. The van der Waals surface area contributed by atoms with Crippen LogP contribution in [0.1, 0.15) is 31.7 Å². The van der Waals surface area contributed by atoms with Gasteiger partial charge in [-0.1, -0.05) is 42.8 Å². The van der Waals surface area contributed by atoms with Crippen molar-refractivity contribution >= 4 is 11.5 Å². The van der Waals surface area contributed by atoms with Crippen LogP contribution >= 0.6 is 0 Å². The molecule has 0 bridgehead atoms. The van der Waals surface area contributed by atoms with Gasteiger partial charge in [0.1, 0.15) is 0 Å². The third kappa shape index (κ3) is 3.44. The van der Waals surface area contributed by atoms with Crippen LogP contribution in [-0.2, 0) is 9.53 Å². The molecule has 1 N–H and O–H groups in total. The maximum atomic E-state index is 12.1. The summed E-state index contributed by atoms with van der Waals surface area (Å²) in [5, 5.41) is 9.90. The van der Waals surface area contributed by atoms with Crippen LogP contribution in [0.2, 0.25) is 0 Å². The van der Waals surface area contributed by atoms with Crippen LogP contribution < -0.4 is 0 Å². The zero-order valence-corrected chi connectivity index (χ0v) is 11.2. The molecule has 0 spiro atoms. The van der Waals surface area contributed by atoms with E-state index in [1.165, 1.54) is 0 Å². The molecule has 0 unspecified atom stereocenters. The largest absolute Gasteiger partial charge is 0.462 e. The Balaban J connectivity index is 2.29. The van der Waals surface area contributed by atoms with Gasteiger partial charge in [0.2, 0.25) is 0 Å². The number of esters is 1. The third-order valence-electron chi connectivity index (χ3n) is 3.49. The predicted octanol–water partition coefficient (Wildman–Crippen LogP) is 2.79. The van der Waals surface area contributed by atoms with Gasteiger partial charge in [0.05, 0.1) is 18.3 Å². The highest BCUT2D eigenvalue weighted by Crippen LogP contribution is 2.30. The van der Waals surface area contributed by atoms with Gasteiger partial charge in [-0.05, 0) is 25.3 Å². The SMILES string of the molecule is CCOC(=O)/C(=C\[C@@H]1CCC[C@H]1O)c1ccccc1. The highest BCUT2D eigenvalue weighted by Gasteiger charge is 2.25. The van der Waals surface area contributed by atoms with E-state index in [0.29, 0.717) is 12.2 Å². The van der Waals surface area contributed by atoms with E-state index in [2.05, 4.69) is 0 Å². The standard InChI is InChI=1S/C16H20O3/c1-2-19-16(18)14(12-7-4-3-5-8-12)11-13-9-6-10-15(13)17/h3-5,7-8,11,13,15,17H,2,6,9-10H2,1H3/b14-11-/t13-,15+/m0/s1. The molecule has 1 saturated carbocycles. The Hall–Kier alpha value is -1.61. The number of benzene rings is 1. The van der Waals surface area contributed by atoms with Crippen LogP contribution in [0.25, 0.3) is 5.57 Å². The topological polar surface area (TPSA) is 46.5 Å². The monoisotopic (exact) mass is 260 g/mol. The van der Waals surface area contributed by atoms with E-state index in [4.69, 9.17) is 4.74 Å². The Kier molecular flexibility index (Phi) is 4.74. The van der Waals surface area contributed by atoms with E-state index in [1.807, 2.05) is 36.4 Å². The summed E-state index contributed by atoms with van der Waals surface area (Å²) in [4.78, 5) is 12.1. The maximum absolute atomic E-state index is 12.1.